The number of hydrogen-bond donors (Lipinski definition) is 0. The highest BCUT2D eigenvalue weighted by Crippen LogP contribution is 2.30. The van der Waals surface area contributed by atoms with Crippen LogP contribution in [0.3, 0.4) is 0 Å². The zero-order chi connectivity index (χ0) is 12.1. The van der Waals surface area contributed by atoms with Gasteiger partial charge in [-0.05, 0) is 20.3 Å². The summed E-state index contributed by atoms with van der Waals surface area (Å²) in [6.45, 7) is 9.49. The molecule has 0 spiro atoms. The molecule has 0 saturated carbocycles. The van der Waals surface area contributed by atoms with Crippen LogP contribution in [-0.4, -0.2) is 31.2 Å². The first-order chi connectivity index (χ1) is 6.73. The van der Waals surface area contributed by atoms with E-state index in [4.69, 9.17) is 0 Å². The average molecular weight is 214 g/mol. The Morgan fingerprint density at radius 3 is 1.93 bits per heavy atom. The van der Waals surface area contributed by atoms with Crippen LogP contribution in [0.2, 0.25) is 0 Å². The maximum absolute atomic E-state index is 2.41. The lowest BCUT2D eigenvalue weighted by molar-refractivity contribution is -0.924. The molecular weight excluding hydrogens is 182 g/mol. The molecule has 1 unspecified atom stereocenters. The number of unbranched alkanes of at least 4 members (excludes halogenated alkanes) is 3. The van der Waals surface area contributed by atoms with Crippen LogP contribution < -0.4 is 0 Å². The molecule has 0 heterocycles. The lowest BCUT2D eigenvalue weighted by Crippen LogP contribution is -2.56. The second kappa shape index (κ2) is 5.89. The first kappa shape index (κ1) is 15.0. The summed E-state index contributed by atoms with van der Waals surface area (Å²) in [5.74, 6) is 0.800. The summed E-state index contributed by atoms with van der Waals surface area (Å²) in [5, 5.41) is 0. The number of quaternary nitrogens is 1. The SMILES string of the molecule is CCCCCCC(C)C(C)(C)[N+](C)(C)C. The second-order valence-corrected chi connectivity index (χ2v) is 6.42. The fourth-order valence-corrected chi connectivity index (χ4v) is 1.89. The molecule has 1 atom stereocenters. The Bertz CT molecular complexity index is 165. The standard InChI is InChI=1S/C14H32N/c1-8-9-10-11-12-13(2)14(3,4)15(5,6)7/h13H,8-12H2,1-7H3/q+1. The highest BCUT2D eigenvalue weighted by atomic mass is 15.3. The molecule has 0 amide bonds. The number of rotatable bonds is 7. The molecular formula is C14H32N+. The molecule has 0 aliphatic heterocycles. The third kappa shape index (κ3) is 4.55. The molecule has 0 aliphatic carbocycles. The van der Waals surface area contributed by atoms with Crippen LogP contribution in [0, 0.1) is 5.92 Å². The zero-order valence-corrected chi connectivity index (χ0v) is 12.1. The minimum absolute atomic E-state index is 0.381. The Labute approximate surface area is 97.5 Å². The molecule has 0 saturated heterocycles. The first-order valence-electron chi connectivity index (χ1n) is 6.55. The van der Waals surface area contributed by atoms with Gasteiger partial charge in [0.25, 0.3) is 0 Å². The summed E-state index contributed by atoms with van der Waals surface area (Å²) in [6, 6.07) is 0. The number of hydrogen-bond acceptors (Lipinski definition) is 0. The molecule has 0 radical (unpaired) electrons. The van der Waals surface area contributed by atoms with Crippen LogP contribution in [-0.2, 0) is 0 Å². The summed E-state index contributed by atoms with van der Waals surface area (Å²) in [6.07, 6.45) is 6.93. The van der Waals surface area contributed by atoms with E-state index in [1.807, 2.05) is 0 Å². The van der Waals surface area contributed by atoms with Crippen molar-refractivity contribution in [2.75, 3.05) is 21.1 Å². The van der Waals surface area contributed by atoms with Gasteiger partial charge in [-0.2, -0.15) is 0 Å². The van der Waals surface area contributed by atoms with Gasteiger partial charge < -0.3 is 4.48 Å². The van der Waals surface area contributed by atoms with E-state index in [2.05, 4.69) is 48.8 Å². The fraction of sp³-hybridized carbons (Fsp3) is 1.00. The van der Waals surface area contributed by atoms with Gasteiger partial charge in [0, 0.05) is 5.92 Å². The normalized spacial score (nSPS) is 15.4. The zero-order valence-electron chi connectivity index (χ0n) is 12.1. The van der Waals surface area contributed by atoms with Gasteiger partial charge in [0.1, 0.15) is 0 Å². The second-order valence-electron chi connectivity index (χ2n) is 6.42. The van der Waals surface area contributed by atoms with Crippen LogP contribution in [0.1, 0.15) is 59.8 Å². The van der Waals surface area contributed by atoms with Gasteiger partial charge in [-0.15, -0.1) is 0 Å². The van der Waals surface area contributed by atoms with E-state index in [0.717, 1.165) is 10.4 Å². The van der Waals surface area contributed by atoms with Crippen molar-refractivity contribution in [1.82, 2.24) is 0 Å². The Morgan fingerprint density at radius 1 is 1.00 bits per heavy atom. The van der Waals surface area contributed by atoms with Crippen LogP contribution >= 0.6 is 0 Å². The lowest BCUT2D eigenvalue weighted by atomic mass is 9.82. The average Bonchev–Trinajstić information content (AvgIpc) is 2.10. The molecule has 0 rings (SSSR count). The van der Waals surface area contributed by atoms with E-state index in [-0.39, 0.29) is 0 Å². The molecule has 92 valence electrons. The maximum Gasteiger partial charge on any atom is 0.0955 e. The van der Waals surface area contributed by atoms with Gasteiger partial charge in [-0.3, -0.25) is 0 Å². The molecule has 0 aromatic carbocycles. The third-order valence-corrected chi connectivity index (χ3v) is 4.43. The fourth-order valence-electron chi connectivity index (χ4n) is 1.89. The van der Waals surface area contributed by atoms with Crippen LogP contribution in [0.25, 0.3) is 0 Å². The largest absolute Gasteiger partial charge is 0.326 e. The first-order valence-corrected chi connectivity index (χ1v) is 6.55. The predicted octanol–water partition coefficient (Wildman–Crippen LogP) is 4.08. The van der Waals surface area contributed by atoms with E-state index in [1.54, 1.807) is 0 Å². The van der Waals surface area contributed by atoms with Crippen LogP contribution in [0.15, 0.2) is 0 Å². The van der Waals surface area contributed by atoms with Crippen LogP contribution in [0.5, 0.6) is 0 Å². The van der Waals surface area contributed by atoms with E-state index in [1.165, 1.54) is 32.1 Å². The van der Waals surface area contributed by atoms with Gasteiger partial charge in [-0.1, -0.05) is 39.5 Å². The highest BCUT2D eigenvalue weighted by molar-refractivity contribution is 4.76. The summed E-state index contributed by atoms with van der Waals surface area (Å²) in [4.78, 5) is 0. The van der Waals surface area contributed by atoms with Crippen molar-refractivity contribution in [2.45, 2.75) is 65.3 Å². The Morgan fingerprint density at radius 2 is 1.53 bits per heavy atom. The molecule has 1 heteroatoms. The van der Waals surface area contributed by atoms with Gasteiger partial charge in [-0.25, -0.2) is 0 Å². The Hall–Kier alpha value is -0.0400. The molecule has 1 nitrogen and oxygen atoms in total. The topological polar surface area (TPSA) is 0 Å². The van der Waals surface area contributed by atoms with E-state index in [9.17, 15) is 0 Å². The van der Waals surface area contributed by atoms with E-state index < -0.39 is 0 Å². The molecule has 0 fully saturated rings. The number of nitrogens with zero attached hydrogens (tertiary/aromatic N) is 1. The Kier molecular flexibility index (Phi) is 5.87. The van der Waals surface area contributed by atoms with Crippen molar-refractivity contribution < 1.29 is 4.48 Å². The summed E-state index contributed by atoms with van der Waals surface area (Å²) in [5.41, 5.74) is 0.381. The molecule has 0 aromatic rings. The Balaban J connectivity index is 4.03. The molecule has 0 aliphatic rings. The minimum Gasteiger partial charge on any atom is -0.326 e. The maximum atomic E-state index is 2.41. The van der Waals surface area contributed by atoms with Crippen molar-refractivity contribution in [3.8, 4) is 0 Å². The summed E-state index contributed by atoms with van der Waals surface area (Å²) in [7, 11) is 6.92. The van der Waals surface area contributed by atoms with E-state index >= 15 is 0 Å². The van der Waals surface area contributed by atoms with Crippen molar-refractivity contribution in [2.24, 2.45) is 5.92 Å². The van der Waals surface area contributed by atoms with Crippen LogP contribution in [0.4, 0.5) is 0 Å². The van der Waals surface area contributed by atoms with Gasteiger partial charge in [0.05, 0.1) is 26.7 Å². The molecule has 0 bridgehead atoms. The minimum atomic E-state index is 0.381. The quantitative estimate of drug-likeness (QED) is 0.442. The summed E-state index contributed by atoms with van der Waals surface area (Å²) >= 11 is 0. The van der Waals surface area contributed by atoms with E-state index in [0.29, 0.717) is 5.54 Å². The molecule has 0 N–H and O–H groups in total. The predicted molar refractivity (Wildman–Crippen MR) is 70.0 cm³/mol. The highest BCUT2D eigenvalue weighted by Gasteiger charge is 2.37. The molecule has 15 heavy (non-hydrogen) atoms. The summed E-state index contributed by atoms with van der Waals surface area (Å²) < 4.78 is 1.06. The van der Waals surface area contributed by atoms with Gasteiger partial charge in [0.15, 0.2) is 0 Å². The monoisotopic (exact) mass is 214 g/mol. The van der Waals surface area contributed by atoms with Crippen molar-refractivity contribution in [3.05, 3.63) is 0 Å². The van der Waals surface area contributed by atoms with Crippen molar-refractivity contribution in [3.63, 3.8) is 0 Å². The molecule has 0 aromatic heterocycles. The van der Waals surface area contributed by atoms with Gasteiger partial charge >= 0.3 is 0 Å². The third-order valence-electron chi connectivity index (χ3n) is 4.43. The lowest BCUT2D eigenvalue weighted by Gasteiger charge is -2.45. The smallest absolute Gasteiger partial charge is 0.0955 e. The van der Waals surface area contributed by atoms with Gasteiger partial charge in [0.2, 0.25) is 0 Å². The van der Waals surface area contributed by atoms with Crippen molar-refractivity contribution >= 4 is 0 Å². The van der Waals surface area contributed by atoms with Crippen molar-refractivity contribution in [1.29, 1.82) is 0 Å².